The maximum absolute atomic E-state index is 10.0. The molecule has 1 fully saturated rings. The Hall–Kier alpha value is -1.10. The Balaban J connectivity index is 1.75. The lowest BCUT2D eigenvalue weighted by atomic mass is 10.1. The number of hydrogen-bond acceptors (Lipinski definition) is 4. The third-order valence-electron chi connectivity index (χ3n) is 3.33. The summed E-state index contributed by atoms with van der Waals surface area (Å²) < 4.78 is 16.3. The molecule has 1 heterocycles. The Kier molecular flexibility index (Phi) is 5.63. The summed E-state index contributed by atoms with van der Waals surface area (Å²) in [6, 6.07) is 7.41. The van der Waals surface area contributed by atoms with E-state index in [-0.39, 0.29) is 12.7 Å². The van der Waals surface area contributed by atoms with Crippen molar-refractivity contribution in [3.8, 4) is 5.75 Å². The predicted octanol–water partition coefficient (Wildman–Crippen LogP) is 2.31. The van der Waals surface area contributed by atoms with E-state index >= 15 is 0 Å². The van der Waals surface area contributed by atoms with Crippen LogP contribution in [0.4, 0.5) is 0 Å². The second-order valence-corrected chi connectivity index (χ2v) is 4.82. The molecule has 0 amide bonds. The Labute approximate surface area is 114 Å². The van der Waals surface area contributed by atoms with E-state index in [1.807, 2.05) is 24.3 Å². The largest absolute Gasteiger partial charge is 0.497 e. The van der Waals surface area contributed by atoms with Crippen LogP contribution in [-0.4, -0.2) is 38.1 Å². The van der Waals surface area contributed by atoms with Crippen LogP contribution in [0.5, 0.6) is 5.75 Å². The van der Waals surface area contributed by atoms with Gasteiger partial charge in [-0.25, -0.2) is 0 Å². The van der Waals surface area contributed by atoms with Crippen LogP contribution in [0.3, 0.4) is 0 Å². The third kappa shape index (κ3) is 4.49. The molecule has 1 aliphatic rings. The topological polar surface area (TPSA) is 47.9 Å². The highest BCUT2D eigenvalue weighted by Gasteiger charge is 2.15. The fraction of sp³-hybridized carbons (Fsp3) is 0.600. The van der Waals surface area contributed by atoms with E-state index in [1.54, 1.807) is 7.11 Å². The molecule has 1 aromatic rings. The average Bonchev–Trinajstić information content (AvgIpc) is 2.48. The predicted molar refractivity (Wildman–Crippen MR) is 72.4 cm³/mol. The van der Waals surface area contributed by atoms with Crippen LogP contribution in [0.2, 0.25) is 0 Å². The standard InChI is InChI=1S/C15H22O4/c1-17-13-7-4-5-12(9-13)15(16)11-18-10-14-6-2-3-8-19-14/h4-5,7,9,14-16H,2-3,6,8,10-11H2,1H3. The van der Waals surface area contributed by atoms with Gasteiger partial charge in [0.25, 0.3) is 0 Å². The van der Waals surface area contributed by atoms with Crippen LogP contribution in [-0.2, 0) is 9.47 Å². The number of rotatable bonds is 6. The molecule has 4 heteroatoms. The molecule has 2 atom stereocenters. The molecule has 2 unspecified atom stereocenters. The van der Waals surface area contributed by atoms with Gasteiger partial charge in [0.1, 0.15) is 11.9 Å². The lowest BCUT2D eigenvalue weighted by molar-refractivity contribution is -0.0574. The normalized spacial score (nSPS) is 21.1. The summed E-state index contributed by atoms with van der Waals surface area (Å²) >= 11 is 0. The Morgan fingerprint density at radius 3 is 3.05 bits per heavy atom. The smallest absolute Gasteiger partial charge is 0.119 e. The van der Waals surface area contributed by atoms with Gasteiger partial charge in [-0.3, -0.25) is 0 Å². The summed E-state index contributed by atoms with van der Waals surface area (Å²) in [4.78, 5) is 0. The highest BCUT2D eigenvalue weighted by atomic mass is 16.5. The van der Waals surface area contributed by atoms with Gasteiger partial charge in [-0.05, 0) is 37.0 Å². The average molecular weight is 266 g/mol. The van der Waals surface area contributed by atoms with E-state index in [4.69, 9.17) is 14.2 Å². The summed E-state index contributed by atoms with van der Waals surface area (Å²) in [6.07, 6.45) is 2.95. The van der Waals surface area contributed by atoms with Gasteiger partial charge in [-0.1, -0.05) is 12.1 Å². The lowest BCUT2D eigenvalue weighted by Gasteiger charge is -2.23. The maximum atomic E-state index is 10.0. The first-order valence-corrected chi connectivity index (χ1v) is 6.81. The molecule has 106 valence electrons. The van der Waals surface area contributed by atoms with Crippen molar-refractivity contribution in [2.24, 2.45) is 0 Å². The van der Waals surface area contributed by atoms with Crippen LogP contribution >= 0.6 is 0 Å². The van der Waals surface area contributed by atoms with Crippen molar-refractivity contribution in [3.05, 3.63) is 29.8 Å². The fourth-order valence-corrected chi connectivity index (χ4v) is 2.19. The number of aliphatic hydroxyl groups is 1. The second kappa shape index (κ2) is 7.48. The van der Waals surface area contributed by atoms with Gasteiger partial charge in [0.2, 0.25) is 0 Å². The Morgan fingerprint density at radius 1 is 1.42 bits per heavy atom. The molecule has 2 rings (SSSR count). The first-order valence-electron chi connectivity index (χ1n) is 6.81. The Bertz CT molecular complexity index is 374. The molecule has 1 aromatic carbocycles. The summed E-state index contributed by atoms with van der Waals surface area (Å²) in [5.41, 5.74) is 0.809. The molecular formula is C15H22O4. The molecule has 1 N–H and O–H groups in total. The zero-order chi connectivity index (χ0) is 13.5. The van der Waals surface area contributed by atoms with Crippen molar-refractivity contribution in [3.63, 3.8) is 0 Å². The summed E-state index contributed by atoms with van der Waals surface area (Å²) in [7, 11) is 1.61. The van der Waals surface area contributed by atoms with E-state index in [1.165, 1.54) is 6.42 Å². The number of ether oxygens (including phenoxy) is 3. The molecule has 0 bridgehead atoms. The highest BCUT2D eigenvalue weighted by molar-refractivity contribution is 5.29. The number of benzene rings is 1. The highest BCUT2D eigenvalue weighted by Crippen LogP contribution is 2.20. The van der Waals surface area contributed by atoms with Crippen molar-refractivity contribution in [2.45, 2.75) is 31.5 Å². The minimum absolute atomic E-state index is 0.186. The van der Waals surface area contributed by atoms with Crippen LogP contribution in [0.1, 0.15) is 30.9 Å². The van der Waals surface area contributed by atoms with Crippen molar-refractivity contribution in [2.75, 3.05) is 26.9 Å². The van der Waals surface area contributed by atoms with E-state index in [0.29, 0.717) is 6.61 Å². The first kappa shape index (κ1) is 14.3. The molecule has 0 aliphatic carbocycles. The van der Waals surface area contributed by atoms with Crippen LogP contribution in [0, 0.1) is 0 Å². The van der Waals surface area contributed by atoms with Crippen molar-refractivity contribution in [1.82, 2.24) is 0 Å². The summed E-state index contributed by atoms with van der Waals surface area (Å²) in [5, 5.41) is 10.0. The maximum Gasteiger partial charge on any atom is 0.119 e. The first-order chi connectivity index (χ1) is 9.29. The molecule has 4 nitrogen and oxygen atoms in total. The minimum atomic E-state index is -0.626. The van der Waals surface area contributed by atoms with Crippen LogP contribution in [0.25, 0.3) is 0 Å². The SMILES string of the molecule is COc1cccc(C(O)COCC2CCCCO2)c1. The molecule has 0 aromatic heterocycles. The molecule has 1 saturated heterocycles. The van der Waals surface area contributed by atoms with Gasteiger partial charge >= 0.3 is 0 Å². The van der Waals surface area contributed by atoms with Gasteiger partial charge in [0, 0.05) is 6.61 Å². The van der Waals surface area contributed by atoms with Crippen molar-refractivity contribution < 1.29 is 19.3 Å². The zero-order valence-corrected chi connectivity index (χ0v) is 11.4. The van der Waals surface area contributed by atoms with E-state index in [2.05, 4.69) is 0 Å². The molecule has 0 radical (unpaired) electrons. The molecule has 1 aliphatic heterocycles. The molecule has 19 heavy (non-hydrogen) atoms. The van der Waals surface area contributed by atoms with E-state index < -0.39 is 6.10 Å². The summed E-state index contributed by atoms with van der Waals surface area (Å²) in [6.45, 7) is 1.67. The minimum Gasteiger partial charge on any atom is -0.497 e. The quantitative estimate of drug-likeness (QED) is 0.858. The fourth-order valence-electron chi connectivity index (χ4n) is 2.19. The van der Waals surface area contributed by atoms with Gasteiger partial charge in [0.15, 0.2) is 0 Å². The monoisotopic (exact) mass is 266 g/mol. The van der Waals surface area contributed by atoms with Crippen LogP contribution in [0.15, 0.2) is 24.3 Å². The van der Waals surface area contributed by atoms with Crippen molar-refractivity contribution in [1.29, 1.82) is 0 Å². The number of hydrogen-bond donors (Lipinski definition) is 1. The second-order valence-electron chi connectivity index (χ2n) is 4.82. The Morgan fingerprint density at radius 2 is 2.32 bits per heavy atom. The number of aliphatic hydroxyl groups excluding tert-OH is 1. The van der Waals surface area contributed by atoms with E-state index in [9.17, 15) is 5.11 Å². The third-order valence-corrected chi connectivity index (χ3v) is 3.33. The molecular weight excluding hydrogens is 244 g/mol. The van der Waals surface area contributed by atoms with Gasteiger partial charge in [-0.15, -0.1) is 0 Å². The van der Waals surface area contributed by atoms with E-state index in [0.717, 1.165) is 30.8 Å². The van der Waals surface area contributed by atoms with Gasteiger partial charge in [0.05, 0.1) is 26.4 Å². The molecule has 0 saturated carbocycles. The zero-order valence-electron chi connectivity index (χ0n) is 11.4. The number of methoxy groups -OCH3 is 1. The van der Waals surface area contributed by atoms with Gasteiger partial charge in [-0.2, -0.15) is 0 Å². The molecule has 0 spiro atoms. The summed E-state index contributed by atoms with van der Waals surface area (Å²) in [5.74, 6) is 0.743. The lowest BCUT2D eigenvalue weighted by Crippen LogP contribution is -2.25. The van der Waals surface area contributed by atoms with Crippen molar-refractivity contribution >= 4 is 0 Å². The van der Waals surface area contributed by atoms with Gasteiger partial charge < -0.3 is 19.3 Å². The van der Waals surface area contributed by atoms with Crippen LogP contribution < -0.4 is 4.74 Å².